The summed E-state index contributed by atoms with van der Waals surface area (Å²) in [6, 6.07) is 5.08. The predicted octanol–water partition coefficient (Wildman–Crippen LogP) is 2.24. The summed E-state index contributed by atoms with van der Waals surface area (Å²) in [6.07, 6.45) is -0.263. The summed E-state index contributed by atoms with van der Waals surface area (Å²) in [5.41, 5.74) is 0.537. The molecule has 0 saturated heterocycles. The molecule has 1 aliphatic heterocycles. The highest BCUT2D eigenvalue weighted by atomic mass is 16.5. The Morgan fingerprint density at radius 1 is 1.20 bits per heavy atom. The number of hydrogen-bond acceptors (Lipinski definition) is 4. The van der Waals surface area contributed by atoms with Crippen molar-refractivity contribution in [2.75, 3.05) is 13.2 Å². The topological polar surface area (TPSA) is 76.0 Å². The van der Waals surface area contributed by atoms with Crippen molar-refractivity contribution in [3.8, 4) is 11.5 Å². The van der Waals surface area contributed by atoms with Gasteiger partial charge in [-0.25, -0.2) is 0 Å². The molecule has 0 fully saturated rings. The summed E-state index contributed by atoms with van der Waals surface area (Å²) in [5, 5.41) is 19.6. The lowest BCUT2D eigenvalue weighted by Gasteiger charge is -2.23. The number of aliphatic hydroxyl groups excluding tert-OH is 1. The fourth-order valence-electron chi connectivity index (χ4n) is 2.36. The van der Waals surface area contributed by atoms with Gasteiger partial charge in [-0.1, -0.05) is 19.9 Å². The van der Waals surface area contributed by atoms with Gasteiger partial charge < -0.3 is 19.7 Å². The van der Waals surface area contributed by atoms with Gasteiger partial charge in [-0.2, -0.15) is 0 Å². The second kappa shape index (κ2) is 6.13. The van der Waals surface area contributed by atoms with Gasteiger partial charge >= 0.3 is 5.97 Å². The third kappa shape index (κ3) is 3.04. The van der Waals surface area contributed by atoms with Crippen LogP contribution in [0.2, 0.25) is 0 Å². The van der Waals surface area contributed by atoms with Crippen molar-refractivity contribution in [1.29, 1.82) is 0 Å². The summed E-state index contributed by atoms with van der Waals surface area (Å²) >= 11 is 0. The third-order valence-corrected chi connectivity index (χ3v) is 3.46. The predicted molar refractivity (Wildman–Crippen MR) is 73.0 cm³/mol. The van der Waals surface area contributed by atoms with Crippen molar-refractivity contribution in [1.82, 2.24) is 0 Å². The number of carboxylic acid groups (broad SMARTS) is 1. The van der Waals surface area contributed by atoms with E-state index in [2.05, 4.69) is 0 Å². The van der Waals surface area contributed by atoms with Crippen LogP contribution < -0.4 is 9.47 Å². The van der Waals surface area contributed by atoms with E-state index < -0.39 is 18.0 Å². The molecule has 5 nitrogen and oxygen atoms in total. The van der Waals surface area contributed by atoms with Gasteiger partial charge in [0.05, 0.1) is 25.2 Å². The van der Waals surface area contributed by atoms with Crippen LogP contribution in [-0.4, -0.2) is 29.4 Å². The van der Waals surface area contributed by atoms with Crippen LogP contribution in [0, 0.1) is 11.8 Å². The van der Waals surface area contributed by atoms with Gasteiger partial charge in [0.2, 0.25) is 0 Å². The zero-order valence-corrected chi connectivity index (χ0v) is 11.7. The van der Waals surface area contributed by atoms with Gasteiger partial charge in [-0.15, -0.1) is 0 Å². The first kappa shape index (κ1) is 14.7. The molecule has 2 rings (SSSR count). The molecule has 0 aliphatic carbocycles. The fourth-order valence-corrected chi connectivity index (χ4v) is 2.36. The average molecular weight is 280 g/mol. The largest absolute Gasteiger partial charge is 0.490 e. The van der Waals surface area contributed by atoms with E-state index in [1.54, 1.807) is 32.0 Å². The molecule has 1 aromatic carbocycles. The summed E-state index contributed by atoms with van der Waals surface area (Å²) in [5.74, 6) is -0.820. The molecule has 0 aromatic heterocycles. The zero-order chi connectivity index (χ0) is 14.7. The minimum atomic E-state index is -1.07. The molecule has 0 amide bonds. The number of aliphatic carboxylic acids is 1. The van der Waals surface area contributed by atoms with E-state index in [4.69, 9.17) is 9.47 Å². The Labute approximate surface area is 118 Å². The van der Waals surface area contributed by atoms with Crippen LogP contribution in [0.1, 0.15) is 31.9 Å². The van der Waals surface area contributed by atoms with Crippen molar-refractivity contribution < 1.29 is 24.5 Å². The van der Waals surface area contributed by atoms with Gasteiger partial charge in [-0.3, -0.25) is 4.79 Å². The minimum absolute atomic E-state index is 0.168. The number of carbonyl (C=O) groups is 1. The summed E-state index contributed by atoms with van der Waals surface area (Å²) in [7, 11) is 0. The van der Waals surface area contributed by atoms with Crippen molar-refractivity contribution in [3.05, 3.63) is 23.8 Å². The van der Waals surface area contributed by atoms with Crippen molar-refractivity contribution in [3.63, 3.8) is 0 Å². The molecule has 2 atom stereocenters. The van der Waals surface area contributed by atoms with E-state index in [-0.39, 0.29) is 5.92 Å². The molecule has 0 bridgehead atoms. The summed E-state index contributed by atoms with van der Waals surface area (Å²) in [4.78, 5) is 11.3. The highest BCUT2D eigenvalue weighted by Gasteiger charge is 2.31. The normalized spacial score (nSPS) is 17.4. The number of fused-ring (bicyclic) bond motifs is 1. The molecular weight excluding hydrogens is 260 g/mol. The monoisotopic (exact) mass is 280 g/mol. The second-order valence-corrected chi connectivity index (χ2v) is 5.31. The van der Waals surface area contributed by atoms with E-state index >= 15 is 0 Å². The first-order valence-corrected chi connectivity index (χ1v) is 6.81. The van der Waals surface area contributed by atoms with E-state index in [0.29, 0.717) is 30.3 Å². The second-order valence-electron chi connectivity index (χ2n) is 5.31. The maximum Gasteiger partial charge on any atom is 0.309 e. The quantitative estimate of drug-likeness (QED) is 0.884. The van der Waals surface area contributed by atoms with Crippen LogP contribution in [-0.2, 0) is 4.79 Å². The highest BCUT2D eigenvalue weighted by molar-refractivity contribution is 5.71. The Hall–Kier alpha value is -1.75. The molecule has 5 heteroatoms. The molecule has 0 saturated carbocycles. The van der Waals surface area contributed by atoms with Crippen LogP contribution in [0.3, 0.4) is 0 Å². The molecule has 1 aliphatic rings. The number of carboxylic acids is 1. The molecule has 20 heavy (non-hydrogen) atoms. The number of benzene rings is 1. The van der Waals surface area contributed by atoms with Crippen molar-refractivity contribution in [2.45, 2.75) is 26.4 Å². The first-order chi connectivity index (χ1) is 9.50. The lowest BCUT2D eigenvalue weighted by molar-refractivity contribution is -0.148. The van der Waals surface area contributed by atoms with E-state index in [1.807, 2.05) is 0 Å². The van der Waals surface area contributed by atoms with Crippen LogP contribution in [0.15, 0.2) is 18.2 Å². The standard InChI is InChI=1S/C15H20O5/c1-9(2)13(15(17)18)14(16)10-4-5-11-12(8-10)20-7-3-6-19-11/h4-5,8-9,13-14,16H,3,6-7H2,1-2H3,(H,17,18). The lowest BCUT2D eigenvalue weighted by Crippen LogP contribution is -2.26. The molecule has 0 radical (unpaired) electrons. The van der Waals surface area contributed by atoms with Crippen LogP contribution >= 0.6 is 0 Å². The summed E-state index contributed by atoms with van der Waals surface area (Å²) < 4.78 is 11.1. The molecule has 2 unspecified atom stereocenters. The Balaban J connectivity index is 2.28. The molecule has 0 spiro atoms. The van der Waals surface area contributed by atoms with E-state index in [1.165, 1.54) is 0 Å². The van der Waals surface area contributed by atoms with Gasteiger partial charge in [0.15, 0.2) is 11.5 Å². The number of hydrogen-bond donors (Lipinski definition) is 2. The smallest absolute Gasteiger partial charge is 0.309 e. The average Bonchev–Trinajstić information content (AvgIpc) is 2.61. The summed E-state index contributed by atoms with van der Waals surface area (Å²) in [6.45, 7) is 4.72. The third-order valence-electron chi connectivity index (χ3n) is 3.46. The van der Waals surface area contributed by atoms with E-state index in [9.17, 15) is 15.0 Å². The Kier molecular flexibility index (Phi) is 4.49. The highest BCUT2D eigenvalue weighted by Crippen LogP contribution is 2.35. The molecule has 2 N–H and O–H groups in total. The Morgan fingerprint density at radius 2 is 1.85 bits per heavy atom. The maximum atomic E-state index is 11.3. The lowest BCUT2D eigenvalue weighted by atomic mass is 9.86. The van der Waals surface area contributed by atoms with E-state index in [0.717, 1.165) is 6.42 Å². The number of ether oxygens (including phenoxy) is 2. The van der Waals surface area contributed by atoms with Gasteiger partial charge in [0.1, 0.15) is 0 Å². The van der Waals surface area contributed by atoms with Gasteiger partial charge in [0.25, 0.3) is 0 Å². The molecule has 1 aromatic rings. The van der Waals surface area contributed by atoms with Crippen molar-refractivity contribution >= 4 is 5.97 Å². The maximum absolute atomic E-state index is 11.3. The SMILES string of the molecule is CC(C)C(C(=O)O)C(O)c1ccc2c(c1)OCCCO2. The Bertz CT molecular complexity index is 483. The van der Waals surface area contributed by atoms with Crippen LogP contribution in [0.4, 0.5) is 0 Å². The first-order valence-electron chi connectivity index (χ1n) is 6.81. The Morgan fingerprint density at radius 3 is 2.45 bits per heavy atom. The fraction of sp³-hybridized carbons (Fsp3) is 0.533. The zero-order valence-electron chi connectivity index (χ0n) is 11.7. The van der Waals surface area contributed by atoms with Crippen LogP contribution in [0.25, 0.3) is 0 Å². The number of aliphatic hydroxyl groups is 1. The van der Waals surface area contributed by atoms with Gasteiger partial charge in [-0.05, 0) is 23.6 Å². The minimum Gasteiger partial charge on any atom is -0.490 e. The number of rotatable bonds is 4. The van der Waals surface area contributed by atoms with Crippen LogP contribution in [0.5, 0.6) is 11.5 Å². The molecular formula is C15H20O5. The van der Waals surface area contributed by atoms with Crippen molar-refractivity contribution in [2.24, 2.45) is 11.8 Å². The molecule has 1 heterocycles. The van der Waals surface area contributed by atoms with Gasteiger partial charge in [0, 0.05) is 6.42 Å². The molecule has 110 valence electrons.